The summed E-state index contributed by atoms with van der Waals surface area (Å²) in [6.45, 7) is 0.731. The SMILES string of the molecule is CN(C)c1cc(F)ccc1[C@@H]1C[C@H]1CN. The van der Waals surface area contributed by atoms with Crippen molar-refractivity contribution in [2.24, 2.45) is 11.7 Å². The monoisotopic (exact) mass is 208 g/mol. The fourth-order valence-electron chi connectivity index (χ4n) is 2.11. The molecule has 0 spiro atoms. The van der Waals surface area contributed by atoms with Crippen LogP contribution in [0.2, 0.25) is 0 Å². The summed E-state index contributed by atoms with van der Waals surface area (Å²) < 4.78 is 13.1. The number of rotatable bonds is 3. The molecule has 0 saturated heterocycles. The fraction of sp³-hybridized carbons (Fsp3) is 0.500. The summed E-state index contributed by atoms with van der Waals surface area (Å²) in [5.41, 5.74) is 7.85. The van der Waals surface area contributed by atoms with Gasteiger partial charge in [0.25, 0.3) is 0 Å². The smallest absolute Gasteiger partial charge is 0.125 e. The molecule has 1 aliphatic rings. The van der Waals surface area contributed by atoms with Gasteiger partial charge < -0.3 is 10.6 Å². The molecule has 0 radical (unpaired) electrons. The van der Waals surface area contributed by atoms with E-state index in [0.29, 0.717) is 11.8 Å². The normalized spacial score (nSPS) is 24.0. The van der Waals surface area contributed by atoms with Gasteiger partial charge in [0.2, 0.25) is 0 Å². The predicted octanol–water partition coefficient (Wildman–Crippen LogP) is 1.95. The van der Waals surface area contributed by atoms with Crippen LogP contribution in [0.1, 0.15) is 17.9 Å². The second-order valence-electron chi connectivity index (χ2n) is 4.44. The van der Waals surface area contributed by atoms with E-state index < -0.39 is 0 Å². The van der Waals surface area contributed by atoms with E-state index >= 15 is 0 Å². The number of hydrogen-bond donors (Lipinski definition) is 1. The van der Waals surface area contributed by atoms with E-state index in [4.69, 9.17) is 5.73 Å². The molecule has 1 aromatic rings. The number of nitrogens with two attached hydrogens (primary N) is 1. The molecule has 15 heavy (non-hydrogen) atoms. The van der Waals surface area contributed by atoms with Crippen molar-refractivity contribution in [1.29, 1.82) is 0 Å². The van der Waals surface area contributed by atoms with E-state index in [2.05, 4.69) is 0 Å². The van der Waals surface area contributed by atoms with Gasteiger partial charge in [-0.3, -0.25) is 0 Å². The standard InChI is InChI=1S/C12H17FN2/c1-15(2)12-6-9(13)3-4-10(12)11-5-8(11)7-14/h3-4,6,8,11H,5,7,14H2,1-2H3/t8-,11+/m0/s1. The third-order valence-electron chi connectivity index (χ3n) is 3.10. The molecule has 1 saturated carbocycles. The van der Waals surface area contributed by atoms with E-state index in [1.165, 1.54) is 11.6 Å². The van der Waals surface area contributed by atoms with Gasteiger partial charge in [0.05, 0.1) is 0 Å². The highest BCUT2D eigenvalue weighted by Crippen LogP contribution is 2.49. The Kier molecular flexibility index (Phi) is 2.65. The summed E-state index contributed by atoms with van der Waals surface area (Å²) >= 11 is 0. The Morgan fingerprint density at radius 2 is 2.20 bits per heavy atom. The summed E-state index contributed by atoms with van der Waals surface area (Å²) in [7, 11) is 3.89. The first-order chi connectivity index (χ1) is 7.13. The zero-order valence-corrected chi connectivity index (χ0v) is 9.20. The molecular formula is C12H17FN2. The molecule has 2 rings (SSSR count). The van der Waals surface area contributed by atoms with Crippen LogP contribution < -0.4 is 10.6 Å². The van der Waals surface area contributed by atoms with Crippen LogP contribution in [-0.2, 0) is 0 Å². The molecule has 2 N–H and O–H groups in total. The molecule has 0 heterocycles. The van der Waals surface area contributed by atoms with Crippen LogP contribution in [0, 0.1) is 11.7 Å². The summed E-state index contributed by atoms with van der Waals surface area (Å²) in [5, 5.41) is 0. The van der Waals surface area contributed by atoms with Gasteiger partial charge in [0.15, 0.2) is 0 Å². The van der Waals surface area contributed by atoms with Crippen molar-refractivity contribution in [3.05, 3.63) is 29.6 Å². The van der Waals surface area contributed by atoms with Gasteiger partial charge in [-0.15, -0.1) is 0 Å². The Morgan fingerprint density at radius 1 is 1.47 bits per heavy atom. The van der Waals surface area contributed by atoms with Crippen LogP contribution in [0.4, 0.5) is 10.1 Å². The zero-order chi connectivity index (χ0) is 11.0. The van der Waals surface area contributed by atoms with Crippen LogP contribution in [-0.4, -0.2) is 20.6 Å². The second kappa shape index (κ2) is 3.81. The lowest BCUT2D eigenvalue weighted by Crippen LogP contribution is -2.12. The van der Waals surface area contributed by atoms with E-state index in [9.17, 15) is 4.39 Å². The van der Waals surface area contributed by atoms with Crippen LogP contribution >= 0.6 is 0 Å². The minimum absolute atomic E-state index is 0.174. The van der Waals surface area contributed by atoms with Crippen molar-refractivity contribution in [3.8, 4) is 0 Å². The maximum atomic E-state index is 13.1. The van der Waals surface area contributed by atoms with E-state index in [1.807, 2.05) is 25.1 Å². The number of anilines is 1. The first-order valence-corrected chi connectivity index (χ1v) is 5.30. The Morgan fingerprint density at radius 3 is 2.73 bits per heavy atom. The van der Waals surface area contributed by atoms with E-state index in [1.54, 1.807) is 6.07 Å². The summed E-state index contributed by atoms with van der Waals surface area (Å²) in [4.78, 5) is 1.96. The molecule has 1 aromatic carbocycles. The van der Waals surface area contributed by atoms with Crippen molar-refractivity contribution in [1.82, 2.24) is 0 Å². The minimum atomic E-state index is -0.174. The number of nitrogens with zero attached hydrogens (tertiary/aromatic N) is 1. The van der Waals surface area contributed by atoms with Gasteiger partial charge >= 0.3 is 0 Å². The van der Waals surface area contributed by atoms with Crippen LogP contribution in [0.15, 0.2) is 18.2 Å². The zero-order valence-electron chi connectivity index (χ0n) is 9.20. The molecule has 0 aliphatic heterocycles. The highest BCUT2D eigenvalue weighted by Gasteiger charge is 2.38. The Hall–Kier alpha value is -1.09. The maximum Gasteiger partial charge on any atom is 0.125 e. The van der Waals surface area contributed by atoms with Crippen molar-refractivity contribution in [2.45, 2.75) is 12.3 Å². The summed E-state index contributed by atoms with van der Waals surface area (Å²) in [6, 6.07) is 5.03. The maximum absolute atomic E-state index is 13.1. The quantitative estimate of drug-likeness (QED) is 0.822. The summed E-state index contributed by atoms with van der Waals surface area (Å²) in [6.07, 6.45) is 1.14. The average molecular weight is 208 g/mol. The van der Waals surface area contributed by atoms with Gasteiger partial charge in [0, 0.05) is 19.8 Å². The number of halogens is 1. The number of hydrogen-bond acceptors (Lipinski definition) is 2. The lowest BCUT2D eigenvalue weighted by molar-refractivity contribution is 0.626. The largest absolute Gasteiger partial charge is 0.377 e. The van der Waals surface area contributed by atoms with Crippen molar-refractivity contribution in [2.75, 3.05) is 25.5 Å². The van der Waals surface area contributed by atoms with Crippen molar-refractivity contribution in [3.63, 3.8) is 0 Å². The topological polar surface area (TPSA) is 29.3 Å². The summed E-state index contributed by atoms with van der Waals surface area (Å²) in [5.74, 6) is 0.953. The van der Waals surface area contributed by atoms with Crippen LogP contribution in [0.25, 0.3) is 0 Å². The first-order valence-electron chi connectivity index (χ1n) is 5.30. The Labute approximate surface area is 89.9 Å². The van der Waals surface area contributed by atoms with Gasteiger partial charge in [-0.1, -0.05) is 6.07 Å². The predicted molar refractivity (Wildman–Crippen MR) is 60.6 cm³/mol. The lowest BCUT2D eigenvalue weighted by atomic mass is 10.1. The molecule has 0 bridgehead atoms. The molecule has 0 aromatic heterocycles. The average Bonchev–Trinajstić information content (AvgIpc) is 2.96. The molecule has 2 atom stereocenters. The van der Waals surface area contributed by atoms with Gasteiger partial charge in [-0.25, -0.2) is 4.39 Å². The van der Waals surface area contributed by atoms with Crippen LogP contribution in [0.5, 0.6) is 0 Å². The molecule has 0 unspecified atom stereocenters. The lowest BCUT2D eigenvalue weighted by Gasteiger charge is -2.17. The highest BCUT2D eigenvalue weighted by molar-refractivity contribution is 5.56. The Bertz CT molecular complexity index is 363. The van der Waals surface area contributed by atoms with Crippen LogP contribution in [0.3, 0.4) is 0 Å². The third kappa shape index (κ3) is 1.97. The molecule has 0 amide bonds. The molecular weight excluding hydrogens is 191 g/mol. The molecule has 3 heteroatoms. The second-order valence-corrected chi connectivity index (χ2v) is 4.44. The van der Waals surface area contributed by atoms with E-state index in [0.717, 1.165) is 18.7 Å². The molecule has 2 nitrogen and oxygen atoms in total. The van der Waals surface area contributed by atoms with E-state index in [-0.39, 0.29) is 5.82 Å². The van der Waals surface area contributed by atoms with Gasteiger partial charge in [0.1, 0.15) is 5.82 Å². The highest BCUT2D eigenvalue weighted by atomic mass is 19.1. The van der Waals surface area contributed by atoms with Crippen molar-refractivity contribution >= 4 is 5.69 Å². The molecule has 82 valence electrons. The Balaban J connectivity index is 2.31. The molecule has 1 aliphatic carbocycles. The first kappa shape index (κ1) is 10.4. The van der Waals surface area contributed by atoms with Crippen molar-refractivity contribution < 1.29 is 4.39 Å². The third-order valence-corrected chi connectivity index (χ3v) is 3.10. The van der Waals surface area contributed by atoms with Gasteiger partial charge in [-0.05, 0) is 42.5 Å². The number of benzene rings is 1. The minimum Gasteiger partial charge on any atom is -0.377 e. The fourth-order valence-corrected chi connectivity index (χ4v) is 2.11. The molecule has 1 fully saturated rings. The van der Waals surface area contributed by atoms with Gasteiger partial charge in [-0.2, -0.15) is 0 Å².